The van der Waals surface area contributed by atoms with Gasteiger partial charge < -0.3 is 4.74 Å². The fourth-order valence-electron chi connectivity index (χ4n) is 2.36. The number of hydrogen-bond donors (Lipinski definition) is 1. The zero-order chi connectivity index (χ0) is 18.8. The van der Waals surface area contributed by atoms with Crippen molar-refractivity contribution in [3.8, 4) is 5.75 Å². The number of aryl methyl sites for hydroxylation is 1. The van der Waals surface area contributed by atoms with Crippen LogP contribution in [0.4, 0.5) is 5.13 Å². The molecule has 27 heavy (non-hydrogen) atoms. The topological polar surface area (TPSA) is 90.1 Å². The van der Waals surface area contributed by atoms with Crippen molar-refractivity contribution in [2.75, 3.05) is 5.32 Å². The molecule has 7 nitrogen and oxygen atoms in total. The van der Waals surface area contributed by atoms with Crippen LogP contribution in [-0.2, 0) is 6.61 Å². The normalized spacial score (nSPS) is 10.9. The molecule has 1 amide bonds. The van der Waals surface area contributed by atoms with Gasteiger partial charge in [0.25, 0.3) is 5.91 Å². The number of thiazole rings is 1. The third-order valence-corrected chi connectivity index (χ3v) is 4.98. The number of anilines is 1. The maximum atomic E-state index is 12.4. The number of ether oxygens (including phenoxy) is 1. The molecule has 0 spiro atoms. The number of benzene rings is 2. The fourth-order valence-corrected chi connectivity index (χ4v) is 3.49. The third-order valence-electron chi connectivity index (χ3n) is 3.81. The lowest BCUT2D eigenvalue weighted by Crippen LogP contribution is -2.11. The van der Waals surface area contributed by atoms with E-state index in [1.54, 1.807) is 37.3 Å². The molecule has 0 aliphatic carbocycles. The quantitative estimate of drug-likeness (QED) is 0.531. The van der Waals surface area contributed by atoms with Crippen LogP contribution in [0.15, 0.2) is 47.1 Å². The first-order valence-electron chi connectivity index (χ1n) is 7.97. The van der Waals surface area contributed by atoms with Crippen LogP contribution in [0.5, 0.6) is 5.75 Å². The Balaban J connectivity index is 1.41. The molecule has 0 aliphatic heterocycles. The Labute approximate surface area is 162 Å². The number of nitrogens with one attached hydrogen (secondary N) is 1. The molecule has 4 aromatic rings. The number of aromatic nitrogens is 3. The molecule has 136 valence electrons. The molecule has 0 saturated heterocycles. The summed E-state index contributed by atoms with van der Waals surface area (Å²) in [7, 11) is 0. The summed E-state index contributed by atoms with van der Waals surface area (Å²) in [5.41, 5.74) is 2.61. The standard InChI is InChI=1S/C18H13ClN4O3S/c1-10-15(23-26-22-10)9-25-13-5-2-11(3-6-13)17(24)21-18-20-14-7-4-12(19)8-16(14)27-18/h2-8H,9H2,1H3,(H,20,21,24). The van der Waals surface area contributed by atoms with Crippen molar-refractivity contribution < 1.29 is 14.2 Å². The molecular weight excluding hydrogens is 388 g/mol. The second kappa shape index (κ2) is 7.34. The van der Waals surface area contributed by atoms with E-state index in [-0.39, 0.29) is 12.5 Å². The lowest BCUT2D eigenvalue weighted by molar-refractivity contribution is 0.102. The molecule has 0 atom stereocenters. The Kier molecular flexibility index (Phi) is 4.74. The molecule has 0 aliphatic rings. The van der Waals surface area contributed by atoms with E-state index in [1.165, 1.54) is 11.3 Å². The highest BCUT2D eigenvalue weighted by Crippen LogP contribution is 2.28. The van der Waals surface area contributed by atoms with Crippen molar-refractivity contribution in [2.45, 2.75) is 13.5 Å². The van der Waals surface area contributed by atoms with Gasteiger partial charge in [-0.25, -0.2) is 9.61 Å². The molecule has 0 unspecified atom stereocenters. The van der Waals surface area contributed by atoms with Crippen LogP contribution >= 0.6 is 22.9 Å². The number of carbonyl (C=O) groups excluding carboxylic acids is 1. The van der Waals surface area contributed by atoms with Crippen LogP contribution < -0.4 is 10.1 Å². The van der Waals surface area contributed by atoms with Gasteiger partial charge in [-0.15, -0.1) is 0 Å². The van der Waals surface area contributed by atoms with Gasteiger partial charge in [0.15, 0.2) is 5.13 Å². The van der Waals surface area contributed by atoms with Crippen LogP contribution in [0.2, 0.25) is 5.02 Å². The molecule has 4 rings (SSSR count). The Morgan fingerprint density at radius 1 is 1.22 bits per heavy atom. The number of rotatable bonds is 5. The second-order valence-corrected chi connectivity index (χ2v) is 7.16. The Morgan fingerprint density at radius 2 is 2.04 bits per heavy atom. The van der Waals surface area contributed by atoms with E-state index >= 15 is 0 Å². The summed E-state index contributed by atoms with van der Waals surface area (Å²) < 4.78 is 11.2. The van der Waals surface area contributed by atoms with Crippen molar-refractivity contribution in [3.05, 3.63) is 64.4 Å². The molecule has 2 aromatic heterocycles. The van der Waals surface area contributed by atoms with E-state index in [0.717, 1.165) is 10.2 Å². The van der Waals surface area contributed by atoms with Crippen molar-refractivity contribution in [3.63, 3.8) is 0 Å². The minimum Gasteiger partial charge on any atom is -0.487 e. The van der Waals surface area contributed by atoms with E-state index in [2.05, 4.69) is 25.2 Å². The Bertz CT molecular complexity index is 1110. The summed E-state index contributed by atoms with van der Waals surface area (Å²) in [5.74, 6) is 0.367. The SMILES string of the molecule is Cc1nonc1COc1ccc(C(=O)Nc2nc3ccc(Cl)cc3s2)cc1. The molecule has 0 radical (unpaired) electrons. The molecule has 0 bridgehead atoms. The zero-order valence-corrected chi connectivity index (χ0v) is 15.7. The summed E-state index contributed by atoms with van der Waals surface area (Å²) >= 11 is 7.35. The van der Waals surface area contributed by atoms with Gasteiger partial charge in [0.2, 0.25) is 0 Å². The van der Waals surface area contributed by atoms with Gasteiger partial charge in [-0.2, -0.15) is 0 Å². The molecule has 1 N–H and O–H groups in total. The Hall–Kier alpha value is -2.97. The van der Waals surface area contributed by atoms with Gasteiger partial charge in [0, 0.05) is 10.6 Å². The number of hydrogen-bond acceptors (Lipinski definition) is 7. The number of nitrogens with zero attached hydrogens (tertiary/aromatic N) is 3. The van der Waals surface area contributed by atoms with Crippen molar-refractivity contribution in [1.82, 2.24) is 15.3 Å². The molecule has 0 fully saturated rings. The molecular formula is C18H13ClN4O3S. The number of carbonyl (C=O) groups is 1. The van der Waals surface area contributed by atoms with Gasteiger partial charge in [-0.1, -0.05) is 33.3 Å². The fraction of sp³-hybridized carbons (Fsp3) is 0.111. The summed E-state index contributed by atoms with van der Waals surface area (Å²) in [5, 5.41) is 11.4. The van der Waals surface area contributed by atoms with Crippen LogP contribution in [0.1, 0.15) is 21.7 Å². The highest BCUT2D eigenvalue weighted by molar-refractivity contribution is 7.22. The van der Waals surface area contributed by atoms with E-state index in [9.17, 15) is 4.79 Å². The number of fused-ring (bicyclic) bond motifs is 1. The number of amides is 1. The Morgan fingerprint density at radius 3 is 2.78 bits per heavy atom. The smallest absolute Gasteiger partial charge is 0.257 e. The van der Waals surface area contributed by atoms with Gasteiger partial charge in [-0.3, -0.25) is 10.1 Å². The predicted octanol–water partition coefficient (Wildman–Crippen LogP) is 4.47. The number of halogens is 1. The van der Waals surface area contributed by atoms with E-state index in [1.807, 2.05) is 12.1 Å². The predicted molar refractivity (Wildman–Crippen MR) is 102 cm³/mol. The average molecular weight is 401 g/mol. The molecule has 0 saturated carbocycles. The maximum Gasteiger partial charge on any atom is 0.257 e. The van der Waals surface area contributed by atoms with Gasteiger partial charge >= 0.3 is 0 Å². The van der Waals surface area contributed by atoms with Gasteiger partial charge in [0.1, 0.15) is 23.7 Å². The summed E-state index contributed by atoms with van der Waals surface area (Å²) in [6.45, 7) is 2.04. The molecule has 2 aromatic carbocycles. The van der Waals surface area contributed by atoms with Crippen LogP contribution in [0.3, 0.4) is 0 Å². The first-order valence-corrected chi connectivity index (χ1v) is 9.16. The van der Waals surface area contributed by atoms with Gasteiger partial charge in [0.05, 0.1) is 10.2 Å². The minimum absolute atomic E-state index is 0.245. The first kappa shape index (κ1) is 17.4. The maximum absolute atomic E-state index is 12.4. The lowest BCUT2D eigenvalue weighted by Gasteiger charge is -2.06. The van der Waals surface area contributed by atoms with Crippen molar-refractivity contribution >= 4 is 44.2 Å². The van der Waals surface area contributed by atoms with E-state index < -0.39 is 0 Å². The summed E-state index contributed by atoms with van der Waals surface area (Å²) in [6, 6.07) is 12.2. The third kappa shape index (κ3) is 3.91. The van der Waals surface area contributed by atoms with E-state index in [0.29, 0.717) is 32.9 Å². The van der Waals surface area contributed by atoms with Crippen molar-refractivity contribution in [2.24, 2.45) is 0 Å². The highest BCUT2D eigenvalue weighted by Gasteiger charge is 2.11. The molecule has 2 heterocycles. The van der Waals surface area contributed by atoms with Gasteiger partial charge in [-0.05, 0) is 49.4 Å². The summed E-state index contributed by atoms with van der Waals surface area (Å²) in [4.78, 5) is 16.8. The van der Waals surface area contributed by atoms with E-state index in [4.69, 9.17) is 16.3 Å². The first-order chi connectivity index (χ1) is 13.1. The van der Waals surface area contributed by atoms with Crippen LogP contribution in [0, 0.1) is 6.92 Å². The second-order valence-electron chi connectivity index (χ2n) is 5.69. The average Bonchev–Trinajstić information content (AvgIpc) is 3.25. The van der Waals surface area contributed by atoms with Crippen LogP contribution in [0.25, 0.3) is 10.2 Å². The highest BCUT2D eigenvalue weighted by atomic mass is 35.5. The molecule has 9 heteroatoms. The lowest BCUT2D eigenvalue weighted by atomic mass is 10.2. The minimum atomic E-state index is -0.247. The summed E-state index contributed by atoms with van der Waals surface area (Å²) in [6.07, 6.45) is 0. The monoisotopic (exact) mass is 400 g/mol. The van der Waals surface area contributed by atoms with Crippen molar-refractivity contribution in [1.29, 1.82) is 0 Å². The van der Waals surface area contributed by atoms with Crippen LogP contribution in [-0.4, -0.2) is 21.2 Å². The largest absolute Gasteiger partial charge is 0.487 e. The zero-order valence-electron chi connectivity index (χ0n) is 14.1.